The fraction of sp³-hybridized carbons (Fsp3) is 0.125. The summed E-state index contributed by atoms with van der Waals surface area (Å²) in [7, 11) is 1.46. The second-order valence-corrected chi connectivity index (χ2v) is 3.81. The number of methoxy groups -OCH3 is 1. The Labute approximate surface area is 106 Å². The minimum atomic E-state index is -0.350. The molecule has 1 nitrogen and oxygen atoms in total. The van der Waals surface area contributed by atoms with Crippen LogP contribution in [0.5, 0.6) is 5.75 Å². The lowest BCUT2D eigenvalue weighted by Crippen LogP contribution is -1.90. The second kappa shape index (κ2) is 5.88. The molecule has 0 aromatic heterocycles. The summed E-state index contributed by atoms with van der Waals surface area (Å²) in [5, 5.41) is 0. The zero-order chi connectivity index (χ0) is 12.8. The molecule has 0 bridgehead atoms. The third-order valence-corrected chi connectivity index (χ3v) is 2.51. The van der Waals surface area contributed by atoms with E-state index < -0.39 is 0 Å². The van der Waals surface area contributed by atoms with Gasteiger partial charge in [0.2, 0.25) is 0 Å². The molecule has 0 aliphatic heterocycles. The molecule has 0 saturated carbocycles. The van der Waals surface area contributed by atoms with E-state index >= 15 is 0 Å². The van der Waals surface area contributed by atoms with Gasteiger partial charge in [-0.1, -0.05) is 36.1 Å². The summed E-state index contributed by atoms with van der Waals surface area (Å²) in [4.78, 5) is 0. The fourth-order valence-electron chi connectivity index (χ4n) is 1.58. The number of hydrogen-bond acceptors (Lipinski definition) is 1. The normalized spacial score (nSPS) is 9.44. The van der Waals surface area contributed by atoms with Crippen molar-refractivity contribution in [1.29, 1.82) is 0 Å². The average molecular weight is 240 g/mol. The molecule has 2 aromatic rings. The molecule has 2 rings (SSSR count). The highest BCUT2D eigenvalue weighted by Crippen LogP contribution is 2.18. The lowest BCUT2D eigenvalue weighted by atomic mass is 10.1. The molecule has 0 heterocycles. The third kappa shape index (κ3) is 3.11. The molecule has 0 atom stereocenters. The van der Waals surface area contributed by atoms with Crippen LogP contribution < -0.4 is 4.74 Å². The molecular formula is C16H13FO. The lowest BCUT2D eigenvalue weighted by Gasteiger charge is -2.02. The summed E-state index contributed by atoms with van der Waals surface area (Å²) in [5.74, 6) is 6.03. The van der Waals surface area contributed by atoms with E-state index in [0.29, 0.717) is 6.42 Å². The predicted octanol–water partition coefficient (Wildman–Crippen LogP) is 3.43. The summed E-state index contributed by atoms with van der Waals surface area (Å²) < 4.78 is 18.1. The Morgan fingerprint density at radius 3 is 2.61 bits per heavy atom. The van der Waals surface area contributed by atoms with E-state index in [1.54, 1.807) is 12.1 Å². The first-order valence-corrected chi connectivity index (χ1v) is 5.66. The Hall–Kier alpha value is -2.27. The van der Waals surface area contributed by atoms with Crippen molar-refractivity contribution >= 4 is 0 Å². The van der Waals surface area contributed by atoms with Gasteiger partial charge in [0.05, 0.1) is 7.11 Å². The first-order valence-electron chi connectivity index (χ1n) is 5.66. The molecule has 0 amide bonds. The maximum Gasteiger partial charge on any atom is 0.165 e. The van der Waals surface area contributed by atoms with Gasteiger partial charge in [-0.25, -0.2) is 4.39 Å². The van der Waals surface area contributed by atoms with Crippen molar-refractivity contribution in [3.05, 3.63) is 65.5 Å². The summed E-state index contributed by atoms with van der Waals surface area (Å²) >= 11 is 0. The molecule has 0 fully saturated rings. The van der Waals surface area contributed by atoms with Crippen LogP contribution >= 0.6 is 0 Å². The van der Waals surface area contributed by atoms with Crippen LogP contribution in [0.4, 0.5) is 4.39 Å². The Bertz CT molecular complexity index is 579. The Balaban J connectivity index is 2.09. The average Bonchev–Trinajstić information content (AvgIpc) is 2.42. The minimum absolute atomic E-state index is 0.258. The zero-order valence-corrected chi connectivity index (χ0v) is 10.1. The maximum absolute atomic E-state index is 13.2. The molecule has 0 unspecified atom stereocenters. The standard InChI is InChI=1S/C16H13FO/c1-18-16-12-14(10-11-15(16)17)9-5-8-13-6-3-2-4-7-13/h2-4,6-7,10-12H,9H2,1H3. The molecule has 2 aromatic carbocycles. The van der Waals surface area contributed by atoms with E-state index in [1.807, 2.05) is 30.3 Å². The van der Waals surface area contributed by atoms with E-state index in [9.17, 15) is 4.39 Å². The monoisotopic (exact) mass is 240 g/mol. The van der Waals surface area contributed by atoms with Crippen LogP contribution in [0.2, 0.25) is 0 Å². The highest BCUT2D eigenvalue weighted by Gasteiger charge is 2.01. The molecule has 2 heteroatoms. The Morgan fingerprint density at radius 2 is 1.89 bits per heavy atom. The van der Waals surface area contributed by atoms with E-state index in [1.165, 1.54) is 13.2 Å². The Morgan fingerprint density at radius 1 is 1.11 bits per heavy atom. The predicted molar refractivity (Wildman–Crippen MR) is 70.0 cm³/mol. The molecule has 0 aliphatic carbocycles. The van der Waals surface area contributed by atoms with Gasteiger partial charge in [0, 0.05) is 12.0 Å². The number of halogens is 1. The van der Waals surface area contributed by atoms with Crippen molar-refractivity contribution in [3.63, 3.8) is 0 Å². The van der Waals surface area contributed by atoms with Crippen LogP contribution in [0.25, 0.3) is 0 Å². The van der Waals surface area contributed by atoms with Gasteiger partial charge in [-0.05, 0) is 29.8 Å². The van der Waals surface area contributed by atoms with Crippen LogP contribution in [0.15, 0.2) is 48.5 Å². The van der Waals surface area contributed by atoms with Gasteiger partial charge >= 0.3 is 0 Å². The summed E-state index contributed by atoms with van der Waals surface area (Å²) in [6, 6.07) is 14.6. The number of ether oxygens (including phenoxy) is 1. The highest BCUT2D eigenvalue weighted by molar-refractivity contribution is 5.37. The molecule has 0 N–H and O–H groups in total. The van der Waals surface area contributed by atoms with Crippen molar-refractivity contribution < 1.29 is 9.13 Å². The van der Waals surface area contributed by atoms with Crippen molar-refractivity contribution in [2.75, 3.05) is 7.11 Å². The SMILES string of the molecule is COc1cc(CC#Cc2ccccc2)ccc1F. The number of hydrogen-bond donors (Lipinski definition) is 0. The van der Waals surface area contributed by atoms with E-state index in [4.69, 9.17) is 4.74 Å². The van der Waals surface area contributed by atoms with Crippen molar-refractivity contribution in [2.45, 2.75) is 6.42 Å². The minimum Gasteiger partial charge on any atom is -0.494 e. The summed E-state index contributed by atoms with van der Waals surface area (Å²) in [5.41, 5.74) is 1.92. The quantitative estimate of drug-likeness (QED) is 0.731. The van der Waals surface area contributed by atoms with Gasteiger partial charge in [-0.3, -0.25) is 0 Å². The summed E-state index contributed by atoms with van der Waals surface area (Å²) in [6.07, 6.45) is 0.575. The van der Waals surface area contributed by atoms with Crippen molar-refractivity contribution in [2.24, 2.45) is 0 Å². The maximum atomic E-state index is 13.2. The first kappa shape index (κ1) is 12.2. The molecule has 0 spiro atoms. The van der Waals surface area contributed by atoms with Gasteiger partial charge in [0.1, 0.15) is 0 Å². The highest BCUT2D eigenvalue weighted by atomic mass is 19.1. The van der Waals surface area contributed by atoms with E-state index in [0.717, 1.165) is 11.1 Å². The van der Waals surface area contributed by atoms with Crippen LogP contribution in [0, 0.1) is 17.7 Å². The first-order chi connectivity index (χ1) is 8.79. The van der Waals surface area contributed by atoms with Crippen molar-refractivity contribution in [3.8, 4) is 17.6 Å². The summed E-state index contributed by atoms with van der Waals surface area (Å²) in [6.45, 7) is 0. The van der Waals surface area contributed by atoms with Gasteiger partial charge in [0.15, 0.2) is 11.6 Å². The molecule has 0 radical (unpaired) electrons. The number of benzene rings is 2. The van der Waals surface area contributed by atoms with Gasteiger partial charge in [-0.2, -0.15) is 0 Å². The van der Waals surface area contributed by atoms with Crippen LogP contribution in [-0.2, 0) is 6.42 Å². The van der Waals surface area contributed by atoms with E-state index in [-0.39, 0.29) is 11.6 Å². The topological polar surface area (TPSA) is 9.23 Å². The zero-order valence-electron chi connectivity index (χ0n) is 10.1. The van der Waals surface area contributed by atoms with Crippen LogP contribution in [0.3, 0.4) is 0 Å². The smallest absolute Gasteiger partial charge is 0.165 e. The molecule has 18 heavy (non-hydrogen) atoms. The fourth-order valence-corrected chi connectivity index (χ4v) is 1.58. The Kier molecular flexibility index (Phi) is 3.98. The second-order valence-electron chi connectivity index (χ2n) is 3.81. The van der Waals surface area contributed by atoms with Crippen LogP contribution in [-0.4, -0.2) is 7.11 Å². The molecule has 90 valence electrons. The van der Waals surface area contributed by atoms with Gasteiger partial charge in [-0.15, -0.1) is 0 Å². The van der Waals surface area contributed by atoms with Gasteiger partial charge in [0.25, 0.3) is 0 Å². The van der Waals surface area contributed by atoms with Crippen LogP contribution in [0.1, 0.15) is 11.1 Å². The van der Waals surface area contributed by atoms with E-state index in [2.05, 4.69) is 11.8 Å². The number of rotatable bonds is 2. The lowest BCUT2D eigenvalue weighted by molar-refractivity contribution is 0.386. The third-order valence-electron chi connectivity index (χ3n) is 2.51. The molecule has 0 saturated heterocycles. The van der Waals surface area contributed by atoms with Crippen molar-refractivity contribution in [1.82, 2.24) is 0 Å². The largest absolute Gasteiger partial charge is 0.494 e. The van der Waals surface area contributed by atoms with Gasteiger partial charge < -0.3 is 4.74 Å². The molecular weight excluding hydrogens is 227 g/mol. The molecule has 0 aliphatic rings.